The van der Waals surface area contributed by atoms with Gasteiger partial charge < -0.3 is 0 Å². The Labute approximate surface area is 125 Å². The second-order valence-corrected chi connectivity index (χ2v) is 5.84. The van der Waals surface area contributed by atoms with Crippen molar-refractivity contribution in [2.75, 3.05) is 0 Å². The summed E-state index contributed by atoms with van der Waals surface area (Å²) in [6.07, 6.45) is 2.33. The minimum Gasteiger partial charge on any atom is -0.0645 e. The fourth-order valence-electron chi connectivity index (χ4n) is 3.48. The van der Waals surface area contributed by atoms with E-state index in [1.807, 2.05) is 0 Å². The number of fused-ring (bicyclic) bond motifs is 2. The average Bonchev–Trinajstić information content (AvgIpc) is 2.54. The Kier molecular flexibility index (Phi) is 2.89. The summed E-state index contributed by atoms with van der Waals surface area (Å²) in [5, 5.41) is 2.67. The number of hydrogen-bond donors (Lipinski definition) is 0. The van der Waals surface area contributed by atoms with Crippen molar-refractivity contribution in [1.82, 2.24) is 0 Å². The molecule has 1 aliphatic rings. The van der Waals surface area contributed by atoms with Gasteiger partial charge in [-0.15, -0.1) is 0 Å². The van der Waals surface area contributed by atoms with Gasteiger partial charge in [0.2, 0.25) is 0 Å². The van der Waals surface area contributed by atoms with E-state index >= 15 is 0 Å². The zero-order valence-corrected chi connectivity index (χ0v) is 12.3. The van der Waals surface area contributed by atoms with Crippen molar-refractivity contribution in [3.63, 3.8) is 0 Å². The molecule has 102 valence electrons. The van der Waals surface area contributed by atoms with Crippen LogP contribution in [0.1, 0.15) is 30.0 Å². The quantitative estimate of drug-likeness (QED) is 0.539. The van der Waals surface area contributed by atoms with Gasteiger partial charge in [-0.05, 0) is 52.8 Å². The minimum atomic E-state index is 1.16. The number of benzene rings is 3. The van der Waals surface area contributed by atoms with Crippen LogP contribution in [0, 0.1) is 0 Å². The number of allylic oxidation sites excluding steroid dienone is 1. The molecule has 0 saturated carbocycles. The summed E-state index contributed by atoms with van der Waals surface area (Å²) in [5.74, 6) is 0. The van der Waals surface area contributed by atoms with Crippen molar-refractivity contribution in [2.45, 2.75) is 19.8 Å². The smallest absolute Gasteiger partial charge is 0.00998 e. The summed E-state index contributed by atoms with van der Waals surface area (Å²) < 4.78 is 0. The molecule has 0 aromatic heterocycles. The van der Waals surface area contributed by atoms with E-state index in [1.54, 1.807) is 0 Å². The summed E-state index contributed by atoms with van der Waals surface area (Å²) >= 11 is 0. The molecule has 0 unspecified atom stereocenters. The SMILES string of the molecule is CC1=C(c2cccc3ccccc23)c2ccccc2CC1. The highest BCUT2D eigenvalue weighted by molar-refractivity contribution is 5.99. The maximum absolute atomic E-state index is 2.28. The Morgan fingerprint density at radius 3 is 2.33 bits per heavy atom. The minimum absolute atomic E-state index is 1.16. The van der Waals surface area contributed by atoms with E-state index < -0.39 is 0 Å². The van der Waals surface area contributed by atoms with Gasteiger partial charge in [-0.3, -0.25) is 0 Å². The van der Waals surface area contributed by atoms with E-state index in [0.717, 1.165) is 12.8 Å². The largest absolute Gasteiger partial charge is 0.0645 e. The summed E-state index contributed by atoms with van der Waals surface area (Å²) in [7, 11) is 0. The van der Waals surface area contributed by atoms with Crippen molar-refractivity contribution in [2.24, 2.45) is 0 Å². The van der Waals surface area contributed by atoms with E-state index in [9.17, 15) is 0 Å². The molecule has 0 N–H and O–H groups in total. The zero-order valence-electron chi connectivity index (χ0n) is 12.3. The van der Waals surface area contributed by atoms with Gasteiger partial charge >= 0.3 is 0 Å². The Balaban J connectivity index is 2.04. The molecule has 3 aromatic rings. The second-order valence-electron chi connectivity index (χ2n) is 5.84. The van der Waals surface area contributed by atoms with Crippen LogP contribution in [-0.4, -0.2) is 0 Å². The van der Waals surface area contributed by atoms with Crippen molar-refractivity contribution in [3.05, 3.63) is 89.0 Å². The summed E-state index contributed by atoms with van der Waals surface area (Å²) in [6.45, 7) is 2.28. The number of hydrogen-bond acceptors (Lipinski definition) is 0. The van der Waals surface area contributed by atoms with Crippen LogP contribution >= 0.6 is 0 Å². The van der Waals surface area contributed by atoms with E-state index in [0.29, 0.717) is 0 Å². The molecular formula is C21H18. The molecule has 0 bridgehead atoms. The van der Waals surface area contributed by atoms with E-state index in [1.165, 1.54) is 38.6 Å². The first-order valence-corrected chi connectivity index (χ1v) is 7.61. The van der Waals surface area contributed by atoms with Crippen LogP contribution in [0.3, 0.4) is 0 Å². The fourth-order valence-corrected chi connectivity index (χ4v) is 3.48. The molecule has 0 spiro atoms. The van der Waals surface area contributed by atoms with Gasteiger partial charge in [0, 0.05) is 0 Å². The third-order valence-electron chi connectivity index (χ3n) is 4.54. The Morgan fingerprint density at radius 2 is 1.38 bits per heavy atom. The molecule has 3 aromatic carbocycles. The monoisotopic (exact) mass is 270 g/mol. The van der Waals surface area contributed by atoms with Crippen LogP contribution in [0.25, 0.3) is 16.3 Å². The van der Waals surface area contributed by atoms with Crippen LogP contribution in [0.5, 0.6) is 0 Å². The van der Waals surface area contributed by atoms with Gasteiger partial charge in [-0.25, -0.2) is 0 Å². The average molecular weight is 270 g/mol. The lowest BCUT2D eigenvalue weighted by Gasteiger charge is -2.23. The predicted molar refractivity (Wildman–Crippen MR) is 90.4 cm³/mol. The van der Waals surface area contributed by atoms with Gasteiger partial charge in [-0.1, -0.05) is 72.3 Å². The molecular weight excluding hydrogens is 252 g/mol. The molecule has 0 saturated heterocycles. The highest BCUT2D eigenvalue weighted by Gasteiger charge is 2.18. The zero-order chi connectivity index (χ0) is 14.2. The highest BCUT2D eigenvalue weighted by Crippen LogP contribution is 2.38. The lowest BCUT2D eigenvalue weighted by atomic mass is 9.81. The molecule has 0 aliphatic heterocycles. The molecule has 0 heteroatoms. The van der Waals surface area contributed by atoms with Crippen molar-refractivity contribution in [3.8, 4) is 0 Å². The van der Waals surface area contributed by atoms with Gasteiger partial charge in [-0.2, -0.15) is 0 Å². The first kappa shape index (κ1) is 12.4. The third kappa shape index (κ3) is 1.99. The van der Waals surface area contributed by atoms with Crippen molar-refractivity contribution < 1.29 is 0 Å². The molecule has 0 nitrogen and oxygen atoms in total. The standard InChI is InChI=1S/C21H18/c1-15-13-14-17-8-3-5-11-19(17)21(15)20-12-6-9-16-7-2-4-10-18(16)20/h2-12H,13-14H2,1H3. The van der Waals surface area contributed by atoms with Crippen LogP contribution in [0.4, 0.5) is 0 Å². The summed E-state index contributed by atoms with van der Waals surface area (Å²) in [5.41, 5.74) is 7.21. The molecule has 0 amide bonds. The van der Waals surface area contributed by atoms with Gasteiger partial charge in [0.15, 0.2) is 0 Å². The van der Waals surface area contributed by atoms with Crippen LogP contribution in [0.2, 0.25) is 0 Å². The van der Waals surface area contributed by atoms with E-state index in [4.69, 9.17) is 0 Å². The van der Waals surface area contributed by atoms with E-state index in [2.05, 4.69) is 73.7 Å². The maximum Gasteiger partial charge on any atom is -0.00998 e. The summed E-state index contributed by atoms with van der Waals surface area (Å²) in [6, 6.07) is 24.2. The van der Waals surface area contributed by atoms with Crippen LogP contribution in [-0.2, 0) is 6.42 Å². The molecule has 4 rings (SSSR count). The van der Waals surface area contributed by atoms with Crippen molar-refractivity contribution in [1.29, 1.82) is 0 Å². The number of aryl methyl sites for hydroxylation is 1. The first-order chi connectivity index (χ1) is 10.3. The topological polar surface area (TPSA) is 0 Å². The summed E-state index contributed by atoms with van der Waals surface area (Å²) in [4.78, 5) is 0. The molecule has 21 heavy (non-hydrogen) atoms. The lowest BCUT2D eigenvalue weighted by molar-refractivity contribution is 0.919. The highest BCUT2D eigenvalue weighted by atomic mass is 14.2. The first-order valence-electron chi connectivity index (χ1n) is 7.61. The Bertz CT molecular complexity index is 847. The normalized spacial score (nSPS) is 14.3. The fraction of sp³-hybridized carbons (Fsp3) is 0.143. The predicted octanol–water partition coefficient (Wildman–Crippen LogP) is 5.61. The van der Waals surface area contributed by atoms with Gasteiger partial charge in [0.1, 0.15) is 0 Å². The van der Waals surface area contributed by atoms with Gasteiger partial charge in [0.05, 0.1) is 0 Å². The van der Waals surface area contributed by atoms with Gasteiger partial charge in [0.25, 0.3) is 0 Å². The van der Waals surface area contributed by atoms with Crippen LogP contribution < -0.4 is 0 Å². The Hall–Kier alpha value is -2.34. The van der Waals surface area contributed by atoms with Crippen LogP contribution in [0.15, 0.2) is 72.3 Å². The Morgan fingerprint density at radius 1 is 0.667 bits per heavy atom. The molecule has 0 radical (unpaired) electrons. The third-order valence-corrected chi connectivity index (χ3v) is 4.54. The molecule has 0 fully saturated rings. The molecule has 1 aliphatic carbocycles. The van der Waals surface area contributed by atoms with E-state index in [-0.39, 0.29) is 0 Å². The number of rotatable bonds is 1. The second kappa shape index (κ2) is 4.89. The molecule has 0 atom stereocenters. The lowest BCUT2D eigenvalue weighted by Crippen LogP contribution is -2.04. The molecule has 0 heterocycles. The van der Waals surface area contributed by atoms with Crippen molar-refractivity contribution >= 4 is 16.3 Å². The maximum atomic E-state index is 2.28.